The summed E-state index contributed by atoms with van der Waals surface area (Å²) in [5.74, 6) is 0.153. The van der Waals surface area contributed by atoms with Crippen molar-refractivity contribution in [3.8, 4) is 11.5 Å². The number of nitrogens with two attached hydrogens (primary N) is 1. The van der Waals surface area contributed by atoms with Gasteiger partial charge in [0.05, 0.1) is 6.26 Å². The summed E-state index contributed by atoms with van der Waals surface area (Å²) in [5.41, 5.74) is 6.17. The fourth-order valence-electron chi connectivity index (χ4n) is 1.57. The first-order valence-corrected chi connectivity index (χ1v) is 5.81. The molecule has 96 valence electrons. The van der Waals surface area contributed by atoms with Crippen LogP contribution in [0.2, 0.25) is 0 Å². The second-order valence-corrected chi connectivity index (χ2v) is 3.86. The minimum Gasteiger partial charge on any atom is -0.463 e. The predicted octanol–water partition coefficient (Wildman–Crippen LogP) is 2.05. The minimum absolute atomic E-state index is 0.00426. The highest BCUT2D eigenvalue weighted by molar-refractivity contribution is 6.03. The van der Waals surface area contributed by atoms with Gasteiger partial charge in [-0.25, -0.2) is 0 Å². The van der Waals surface area contributed by atoms with E-state index in [0.29, 0.717) is 18.0 Å². The van der Waals surface area contributed by atoms with Crippen LogP contribution in [0.4, 0.5) is 5.88 Å². The summed E-state index contributed by atoms with van der Waals surface area (Å²) >= 11 is 0. The molecule has 0 aromatic carbocycles. The van der Waals surface area contributed by atoms with Gasteiger partial charge in [-0.1, -0.05) is 18.5 Å². The van der Waals surface area contributed by atoms with Crippen molar-refractivity contribution in [1.29, 1.82) is 0 Å². The molecule has 2 heterocycles. The zero-order chi connectivity index (χ0) is 13.0. The number of carbonyl (C=O) groups excluding carboxylic acids is 1. The number of anilines is 1. The molecular weight excluding hydrogens is 234 g/mol. The second kappa shape index (κ2) is 5.39. The predicted molar refractivity (Wildman–Crippen MR) is 65.9 cm³/mol. The van der Waals surface area contributed by atoms with Crippen LogP contribution in [0, 0.1) is 0 Å². The molecule has 0 atom stereocenters. The third kappa shape index (κ3) is 2.37. The van der Waals surface area contributed by atoms with Crippen LogP contribution in [0.1, 0.15) is 30.1 Å². The molecule has 2 rings (SSSR count). The van der Waals surface area contributed by atoms with E-state index >= 15 is 0 Å². The van der Waals surface area contributed by atoms with Crippen molar-refractivity contribution in [3.63, 3.8) is 0 Å². The van der Waals surface area contributed by atoms with Gasteiger partial charge in [0.2, 0.25) is 5.88 Å². The smallest absolute Gasteiger partial charge is 0.259 e. The SMILES string of the molecule is CCCCNC(=O)c1c(-c2ccco2)noc1N. The molecular formula is C12H15N3O3. The Morgan fingerprint density at radius 2 is 2.39 bits per heavy atom. The number of furan rings is 1. The van der Waals surface area contributed by atoms with Crippen molar-refractivity contribution in [2.75, 3.05) is 12.3 Å². The van der Waals surface area contributed by atoms with Gasteiger partial charge >= 0.3 is 0 Å². The molecule has 2 aromatic heterocycles. The van der Waals surface area contributed by atoms with E-state index in [1.165, 1.54) is 6.26 Å². The lowest BCUT2D eigenvalue weighted by Gasteiger charge is -2.03. The Balaban J connectivity index is 2.22. The average molecular weight is 249 g/mol. The Morgan fingerprint density at radius 1 is 1.56 bits per heavy atom. The number of nitrogen functional groups attached to an aromatic ring is 1. The third-order valence-corrected chi connectivity index (χ3v) is 2.52. The number of nitrogens with one attached hydrogen (secondary N) is 1. The molecule has 0 saturated carbocycles. The van der Waals surface area contributed by atoms with E-state index < -0.39 is 0 Å². The van der Waals surface area contributed by atoms with Crippen LogP contribution in [-0.2, 0) is 0 Å². The number of unbranched alkanes of at least 4 members (excludes halogenated alkanes) is 1. The zero-order valence-corrected chi connectivity index (χ0v) is 10.1. The van der Waals surface area contributed by atoms with Crippen molar-refractivity contribution in [2.24, 2.45) is 0 Å². The zero-order valence-electron chi connectivity index (χ0n) is 10.1. The maximum absolute atomic E-state index is 12.0. The maximum atomic E-state index is 12.0. The Labute approximate surface area is 104 Å². The number of aromatic nitrogens is 1. The molecule has 0 spiro atoms. The fraction of sp³-hybridized carbons (Fsp3) is 0.333. The number of nitrogens with zero attached hydrogens (tertiary/aromatic N) is 1. The highest BCUT2D eigenvalue weighted by Gasteiger charge is 2.23. The molecule has 6 nitrogen and oxygen atoms in total. The van der Waals surface area contributed by atoms with E-state index in [-0.39, 0.29) is 17.4 Å². The molecule has 1 amide bonds. The molecule has 0 radical (unpaired) electrons. The summed E-state index contributed by atoms with van der Waals surface area (Å²) in [6.45, 7) is 2.64. The van der Waals surface area contributed by atoms with Crippen molar-refractivity contribution in [2.45, 2.75) is 19.8 Å². The number of hydrogen-bond acceptors (Lipinski definition) is 5. The topological polar surface area (TPSA) is 94.3 Å². The molecule has 0 aliphatic rings. The van der Waals surface area contributed by atoms with Crippen molar-refractivity contribution in [3.05, 3.63) is 24.0 Å². The van der Waals surface area contributed by atoms with Gasteiger partial charge in [-0.15, -0.1) is 0 Å². The lowest BCUT2D eigenvalue weighted by atomic mass is 10.2. The standard InChI is InChI=1S/C12H15N3O3/c1-2-3-6-14-12(16)9-10(15-18-11(9)13)8-5-4-7-17-8/h4-5,7H,2-3,6,13H2,1H3,(H,14,16). The Kier molecular flexibility index (Phi) is 3.66. The van der Waals surface area contributed by atoms with Gasteiger partial charge in [0.1, 0.15) is 5.56 Å². The minimum atomic E-state index is -0.298. The largest absolute Gasteiger partial charge is 0.463 e. The van der Waals surface area contributed by atoms with Crippen LogP contribution in [0.25, 0.3) is 11.5 Å². The molecule has 0 unspecified atom stereocenters. The van der Waals surface area contributed by atoms with E-state index in [4.69, 9.17) is 14.7 Å². The summed E-state index contributed by atoms with van der Waals surface area (Å²) in [6.07, 6.45) is 3.41. The molecule has 0 fully saturated rings. The number of amides is 1. The fourth-order valence-corrected chi connectivity index (χ4v) is 1.57. The second-order valence-electron chi connectivity index (χ2n) is 3.86. The van der Waals surface area contributed by atoms with Gasteiger partial charge in [0.15, 0.2) is 11.5 Å². The van der Waals surface area contributed by atoms with Gasteiger partial charge in [-0.3, -0.25) is 4.79 Å². The van der Waals surface area contributed by atoms with Gasteiger partial charge < -0.3 is 20.0 Å². The molecule has 0 saturated heterocycles. The number of carbonyl (C=O) groups is 1. The quantitative estimate of drug-likeness (QED) is 0.791. The Bertz CT molecular complexity index is 517. The lowest BCUT2D eigenvalue weighted by Crippen LogP contribution is -2.25. The molecule has 3 N–H and O–H groups in total. The molecule has 6 heteroatoms. The summed E-state index contributed by atoms with van der Waals surface area (Å²) in [4.78, 5) is 12.0. The molecule has 0 bridgehead atoms. The molecule has 18 heavy (non-hydrogen) atoms. The van der Waals surface area contributed by atoms with E-state index in [9.17, 15) is 4.79 Å². The summed E-state index contributed by atoms with van der Waals surface area (Å²) in [6, 6.07) is 3.40. The van der Waals surface area contributed by atoms with Crippen LogP contribution in [0.5, 0.6) is 0 Å². The molecule has 0 aliphatic carbocycles. The van der Waals surface area contributed by atoms with Crippen molar-refractivity contribution in [1.82, 2.24) is 10.5 Å². The molecule has 2 aromatic rings. The van der Waals surface area contributed by atoms with Crippen molar-refractivity contribution < 1.29 is 13.7 Å². The Morgan fingerprint density at radius 3 is 3.06 bits per heavy atom. The van der Waals surface area contributed by atoms with Gasteiger partial charge in [0, 0.05) is 6.54 Å². The summed E-state index contributed by atoms with van der Waals surface area (Å²) in [5, 5.41) is 6.52. The monoisotopic (exact) mass is 249 g/mol. The van der Waals surface area contributed by atoms with Gasteiger partial charge in [0.25, 0.3) is 5.91 Å². The highest BCUT2D eigenvalue weighted by Crippen LogP contribution is 2.27. The van der Waals surface area contributed by atoms with E-state index in [0.717, 1.165) is 12.8 Å². The van der Waals surface area contributed by atoms with Crippen LogP contribution < -0.4 is 11.1 Å². The van der Waals surface area contributed by atoms with Crippen LogP contribution in [0.3, 0.4) is 0 Å². The maximum Gasteiger partial charge on any atom is 0.259 e. The van der Waals surface area contributed by atoms with E-state index in [1.807, 2.05) is 6.92 Å². The first-order valence-electron chi connectivity index (χ1n) is 5.81. The summed E-state index contributed by atoms with van der Waals surface area (Å²) in [7, 11) is 0. The van der Waals surface area contributed by atoms with Crippen LogP contribution in [0.15, 0.2) is 27.3 Å². The summed E-state index contributed by atoms with van der Waals surface area (Å²) < 4.78 is 10.0. The first kappa shape index (κ1) is 12.2. The highest BCUT2D eigenvalue weighted by atomic mass is 16.5. The first-order chi connectivity index (χ1) is 8.74. The average Bonchev–Trinajstić information content (AvgIpc) is 2.97. The number of rotatable bonds is 5. The van der Waals surface area contributed by atoms with Crippen LogP contribution in [-0.4, -0.2) is 17.6 Å². The van der Waals surface area contributed by atoms with Crippen LogP contribution >= 0.6 is 0 Å². The molecule has 0 aliphatic heterocycles. The third-order valence-electron chi connectivity index (χ3n) is 2.52. The van der Waals surface area contributed by atoms with Gasteiger partial charge in [-0.2, -0.15) is 0 Å². The normalized spacial score (nSPS) is 10.5. The lowest BCUT2D eigenvalue weighted by molar-refractivity contribution is 0.0954. The van der Waals surface area contributed by atoms with E-state index in [2.05, 4.69) is 10.5 Å². The number of hydrogen-bond donors (Lipinski definition) is 2. The van der Waals surface area contributed by atoms with E-state index in [1.54, 1.807) is 12.1 Å². The van der Waals surface area contributed by atoms with Gasteiger partial charge in [-0.05, 0) is 18.6 Å². The van der Waals surface area contributed by atoms with Crippen molar-refractivity contribution >= 4 is 11.8 Å². The Hall–Kier alpha value is -2.24.